The molecule has 2 heterocycles. The summed E-state index contributed by atoms with van der Waals surface area (Å²) in [6.07, 6.45) is 4.19. The molecule has 0 fully saturated rings. The molecule has 0 aliphatic carbocycles. The molecule has 4 rings (SSSR count). The van der Waals surface area contributed by atoms with Crippen LogP contribution in [0, 0.1) is 5.41 Å². The minimum absolute atomic E-state index is 0.0326. The first kappa shape index (κ1) is 25.8. The van der Waals surface area contributed by atoms with Crippen LogP contribution in [0.4, 0.5) is 5.95 Å². The number of anilines is 1. The van der Waals surface area contributed by atoms with E-state index in [4.69, 9.17) is 16.1 Å². The first-order valence-corrected chi connectivity index (χ1v) is 12.4. The van der Waals surface area contributed by atoms with Gasteiger partial charge in [-0.25, -0.2) is 9.97 Å². The molecule has 9 heteroatoms. The molecule has 0 aliphatic heterocycles. The summed E-state index contributed by atoms with van der Waals surface area (Å²) in [6, 6.07) is 15.3. The number of amidine groups is 1. The van der Waals surface area contributed by atoms with Crippen molar-refractivity contribution in [3.8, 4) is 11.3 Å². The number of benzene rings is 2. The summed E-state index contributed by atoms with van der Waals surface area (Å²) in [5.41, 5.74) is 10.7. The third kappa shape index (κ3) is 6.31. The molecule has 0 radical (unpaired) electrons. The molecule has 0 saturated heterocycles. The van der Waals surface area contributed by atoms with Gasteiger partial charge < -0.3 is 25.8 Å². The molecule has 192 valence electrons. The molecular formula is C28H34N8O. The number of fused-ring (bicyclic) bond motifs is 1. The van der Waals surface area contributed by atoms with Gasteiger partial charge in [-0.2, -0.15) is 0 Å². The van der Waals surface area contributed by atoms with Crippen molar-refractivity contribution in [2.45, 2.75) is 13.3 Å². The van der Waals surface area contributed by atoms with Crippen LogP contribution in [-0.4, -0.2) is 71.9 Å². The van der Waals surface area contributed by atoms with Crippen LogP contribution in [0.1, 0.15) is 28.4 Å². The highest BCUT2D eigenvalue weighted by molar-refractivity contribution is 6.07. The molecule has 9 nitrogen and oxygen atoms in total. The van der Waals surface area contributed by atoms with E-state index >= 15 is 0 Å². The van der Waals surface area contributed by atoms with Gasteiger partial charge in [-0.3, -0.25) is 10.2 Å². The number of nitrogen functional groups attached to an aromatic ring is 1. The van der Waals surface area contributed by atoms with Crippen molar-refractivity contribution >= 4 is 28.6 Å². The van der Waals surface area contributed by atoms with Gasteiger partial charge in [0.2, 0.25) is 5.95 Å². The molecule has 0 aliphatic rings. The number of carbonyl (C=O) groups excluding carboxylic acids is 1. The number of aromatic nitrogens is 3. The van der Waals surface area contributed by atoms with Crippen molar-refractivity contribution in [2.24, 2.45) is 5.73 Å². The zero-order valence-electron chi connectivity index (χ0n) is 21.6. The number of nitrogens with one attached hydrogen (secondary N) is 3. The second kappa shape index (κ2) is 11.7. The molecule has 2 aromatic carbocycles. The molecule has 0 bridgehead atoms. The van der Waals surface area contributed by atoms with Crippen molar-refractivity contribution < 1.29 is 4.79 Å². The van der Waals surface area contributed by atoms with Crippen molar-refractivity contribution in [3.63, 3.8) is 0 Å². The Kier molecular flexibility index (Phi) is 8.15. The van der Waals surface area contributed by atoms with Crippen LogP contribution in [-0.2, 0) is 6.42 Å². The number of H-pyrrole nitrogens is 1. The fourth-order valence-corrected chi connectivity index (χ4v) is 4.03. The maximum atomic E-state index is 12.7. The number of hydrogen-bond acceptors (Lipinski definition) is 6. The van der Waals surface area contributed by atoms with Crippen LogP contribution in [0.3, 0.4) is 0 Å². The zero-order valence-corrected chi connectivity index (χ0v) is 21.6. The average molecular weight is 499 g/mol. The van der Waals surface area contributed by atoms with Gasteiger partial charge in [-0.15, -0.1) is 0 Å². The third-order valence-electron chi connectivity index (χ3n) is 6.52. The molecule has 2 aromatic heterocycles. The summed E-state index contributed by atoms with van der Waals surface area (Å²) in [5.74, 6) is 0.587. The van der Waals surface area contributed by atoms with E-state index in [0.717, 1.165) is 47.4 Å². The summed E-state index contributed by atoms with van der Waals surface area (Å²) in [7, 11) is 4.09. The lowest BCUT2D eigenvalue weighted by Crippen LogP contribution is -2.31. The molecule has 0 spiro atoms. The van der Waals surface area contributed by atoms with Gasteiger partial charge in [0, 0.05) is 66.7 Å². The number of rotatable bonds is 11. The molecule has 1 amide bonds. The number of carbonyl (C=O) groups is 1. The van der Waals surface area contributed by atoms with E-state index < -0.39 is 0 Å². The van der Waals surface area contributed by atoms with Gasteiger partial charge in [0.1, 0.15) is 5.84 Å². The average Bonchev–Trinajstić information content (AvgIpc) is 3.35. The molecule has 0 unspecified atom stereocenters. The highest BCUT2D eigenvalue weighted by atomic mass is 16.1. The zero-order chi connectivity index (χ0) is 26.4. The predicted molar refractivity (Wildman–Crippen MR) is 149 cm³/mol. The number of nitrogens with zero attached hydrogens (tertiary/aromatic N) is 4. The Bertz CT molecular complexity index is 1380. The van der Waals surface area contributed by atoms with Crippen LogP contribution in [0.5, 0.6) is 0 Å². The molecule has 37 heavy (non-hydrogen) atoms. The molecule has 4 aromatic rings. The minimum atomic E-state index is -0.123. The Hall–Kier alpha value is -4.24. The SMILES string of the molecule is CCN(C)CCN(C)c1nccc(-c2ccc(C(=O)NCCc3ccc4[nH]cc(C(=N)N)c4c3)cc2)n1. The molecule has 0 saturated carbocycles. The number of likely N-dealkylation sites (N-methyl/N-ethyl adjacent to an activating group) is 2. The lowest BCUT2D eigenvalue weighted by molar-refractivity contribution is 0.0954. The summed E-state index contributed by atoms with van der Waals surface area (Å²) in [4.78, 5) is 29.2. The maximum absolute atomic E-state index is 12.7. The van der Waals surface area contributed by atoms with Crippen LogP contribution < -0.4 is 16.0 Å². The van der Waals surface area contributed by atoms with E-state index in [1.165, 1.54) is 0 Å². The lowest BCUT2D eigenvalue weighted by atomic mass is 10.1. The van der Waals surface area contributed by atoms with Crippen molar-refractivity contribution in [3.05, 3.63) is 77.6 Å². The van der Waals surface area contributed by atoms with Gasteiger partial charge in [-0.05, 0) is 55.9 Å². The van der Waals surface area contributed by atoms with Gasteiger partial charge in [0.05, 0.1) is 5.69 Å². The van der Waals surface area contributed by atoms with Gasteiger partial charge >= 0.3 is 0 Å². The van der Waals surface area contributed by atoms with Crippen LogP contribution in [0.25, 0.3) is 22.2 Å². The van der Waals surface area contributed by atoms with E-state index in [9.17, 15) is 4.79 Å². The first-order chi connectivity index (χ1) is 17.9. The molecular weight excluding hydrogens is 464 g/mol. The number of aromatic amines is 1. The quantitative estimate of drug-likeness (QED) is 0.186. The topological polar surface area (TPSA) is 127 Å². The Morgan fingerprint density at radius 1 is 1.11 bits per heavy atom. The standard InChI is InChI=1S/C28H34N8O/c1-4-35(2)15-16-36(3)28-32-14-12-24(34-28)20-6-8-21(9-7-20)27(37)31-13-11-19-5-10-25-22(17-19)23(18-33-25)26(29)30/h5-10,12,14,17-18,33H,4,11,13,15-16H2,1-3H3,(H3,29,30)(H,31,37). The Balaban J connectivity index is 1.34. The van der Waals surface area contributed by atoms with Crippen molar-refractivity contribution in [2.75, 3.05) is 45.2 Å². The summed E-state index contributed by atoms with van der Waals surface area (Å²) >= 11 is 0. The van der Waals surface area contributed by atoms with Gasteiger partial charge in [0.25, 0.3) is 5.91 Å². The van der Waals surface area contributed by atoms with Crippen LogP contribution in [0.15, 0.2) is 60.9 Å². The van der Waals surface area contributed by atoms with Crippen LogP contribution in [0.2, 0.25) is 0 Å². The minimum Gasteiger partial charge on any atom is -0.384 e. The number of hydrogen-bond donors (Lipinski definition) is 4. The monoisotopic (exact) mass is 498 g/mol. The smallest absolute Gasteiger partial charge is 0.251 e. The maximum Gasteiger partial charge on any atom is 0.251 e. The Morgan fingerprint density at radius 2 is 1.89 bits per heavy atom. The highest BCUT2D eigenvalue weighted by Crippen LogP contribution is 2.21. The fourth-order valence-electron chi connectivity index (χ4n) is 4.03. The second-order valence-corrected chi connectivity index (χ2v) is 9.14. The third-order valence-corrected chi connectivity index (χ3v) is 6.52. The van der Waals surface area contributed by atoms with E-state index in [1.807, 2.05) is 60.5 Å². The Morgan fingerprint density at radius 3 is 2.62 bits per heavy atom. The normalized spacial score (nSPS) is 11.1. The summed E-state index contributed by atoms with van der Waals surface area (Å²) in [5, 5.41) is 11.6. The van der Waals surface area contributed by atoms with E-state index in [0.29, 0.717) is 30.0 Å². The first-order valence-electron chi connectivity index (χ1n) is 12.4. The molecule has 0 atom stereocenters. The van der Waals surface area contributed by atoms with E-state index in [2.05, 4.69) is 34.2 Å². The Labute approximate surface area is 217 Å². The van der Waals surface area contributed by atoms with Gasteiger partial charge in [0.15, 0.2) is 0 Å². The molecule has 5 N–H and O–H groups in total. The lowest BCUT2D eigenvalue weighted by Gasteiger charge is -2.21. The van der Waals surface area contributed by atoms with Crippen molar-refractivity contribution in [1.29, 1.82) is 5.41 Å². The largest absolute Gasteiger partial charge is 0.384 e. The number of nitrogens with two attached hydrogens (primary N) is 1. The highest BCUT2D eigenvalue weighted by Gasteiger charge is 2.11. The predicted octanol–water partition coefficient (Wildman–Crippen LogP) is 3.27. The van der Waals surface area contributed by atoms with Gasteiger partial charge in [-0.1, -0.05) is 25.1 Å². The van der Waals surface area contributed by atoms with Crippen molar-refractivity contribution in [1.82, 2.24) is 25.2 Å². The number of amides is 1. The van der Waals surface area contributed by atoms with E-state index in [1.54, 1.807) is 12.4 Å². The van der Waals surface area contributed by atoms with E-state index in [-0.39, 0.29) is 11.7 Å². The summed E-state index contributed by atoms with van der Waals surface area (Å²) in [6.45, 7) is 5.41. The second-order valence-electron chi connectivity index (χ2n) is 9.14. The van der Waals surface area contributed by atoms with Crippen LogP contribution >= 0.6 is 0 Å². The summed E-state index contributed by atoms with van der Waals surface area (Å²) < 4.78 is 0. The fraction of sp³-hybridized carbons (Fsp3) is 0.286.